The van der Waals surface area contributed by atoms with E-state index in [-0.39, 0.29) is 6.61 Å². The summed E-state index contributed by atoms with van der Waals surface area (Å²) < 4.78 is 58.2. The maximum atomic E-state index is 12.8. The summed E-state index contributed by atoms with van der Waals surface area (Å²) in [6.07, 6.45) is -5.84. The van der Waals surface area contributed by atoms with Crippen molar-refractivity contribution in [1.29, 1.82) is 0 Å². The van der Waals surface area contributed by atoms with Gasteiger partial charge in [0.05, 0.1) is 6.61 Å². The van der Waals surface area contributed by atoms with Crippen LogP contribution in [-0.4, -0.2) is 30.3 Å². The molecule has 6 heteroatoms. The molecule has 0 radical (unpaired) electrons. The highest BCUT2D eigenvalue weighted by Crippen LogP contribution is 2.52. The van der Waals surface area contributed by atoms with Crippen LogP contribution in [0.4, 0.5) is 17.6 Å². The Balaban J connectivity index is 1.96. The monoisotopic (exact) mass is 200 g/mol. The van der Waals surface area contributed by atoms with E-state index in [0.29, 0.717) is 0 Å². The molecule has 2 aliphatic heterocycles. The van der Waals surface area contributed by atoms with Crippen molar-refractivity contribution in [3.63, 3.8) is 0 Å². The van der Waals surface area contributed by atoms with Gasteiger partial charge in [0.25, 0.3) is 0 Å². The van der Waals surface area contributed by atoms with Crippen LogP contribution in [0.15, 0.2) is 0 Å². The lowest BCUT2D eigenvalue weighted by molar-refractivity contribution is -0.186. The molecule has 0 amide bonds. The van der Waals surface area contributed by atoms with Crippen molar-refractivity contribution in [3.8, 4) is 0 Å². The smallest absolute Gasteiger partial charge is 0.360 e. The maximum Gasteiger partial charge on any atom is 0.419 e. The lowest BCUT2D eigenvalue weighted by Crippen LogP contribution is -2.34. The average molecular weight is 200 g/mol. The average Bonchev–Trinajstić information content (AvgIpc) is 2.74. The molecule has 0 N–H and O–H groups in total. The van der Waals surface area contributed by atoms with E-state index >= 15 is 0 Å². The van der Waals surface area contributed by atoms with Crippen LogP contribution in [-0.2, 0) is 9.47 Å². The van der Waals surface area contributed by atoms with Crippen molar-refractivity contribution in [3.05, 3.63) is 0 Å². The van der Waals surface area contributed by atoms with Crippen LogP contribution in [0.2, 0.25) is 0 Å². The van der Waals surface area contributed by atoms with E-state index in [1.54, 1.807) is 0 Å². The van der Waals surface area contributed by atoms with Crippen molar-refractivity contribution in [1.82, 2.24) is 0 Å². The van der Waals surface area contributed by atoms with Crippen molar-refractivity contribution in [2.45, 2.75) is 37.1 Å². The molecular formula is C7H8F4O2. The molecule has 13 heavy (non-hydrogen) atoms. The first kappa shape index (κ1) is 9.21. The second kappa shape index (κ2) is 2.17. The molecule has 2 saturated heterocycles. The molecular weight excluding hydrogens is 192 g/mol. The van der Waals surface area contributed by atoms with Crippen LogP contribution >= 0.6 is 0 Å². The molecule has 2 aliphatic rings. The first-order valence-corrected chi connectivity index (χ1v) is 3.84. The summed E-state index contributed by atoms with van der Waals surface area (Å²) in [5.41, 5.74) is -2.14. The fourth-order valence-electron chi connectivity index (χ4n) is 1.25. The highest BCUT2D eigenvalue weighted by molar-refractivity contribution is 5.06. The summed E-state index contributed by atoms with van der Waals surface area (Å²) in [6.45, 7) is 0.733. The third kappa shape index (κ3) is 1.42. The largest absolute Gasteiger partial charge is 0.419 e. The summed E-state index contributed by atoms with van der Waals surface area (Å²) in [4.78, 5) is 0. The first-order chi connectivity index (χ1) is 5.77. The zero-order valence-corrected chi connectivity index (χ0v) is 6.82. The van der Waals surface area contributed by atoms with Crippen LogP contribution in [0.25, 0.3) is 0 Å². The van der Waals surface area contributed by atoms with Gasteiger partial charge >= 0.3 is 6.18 Å². The van der Waals surface area contributed by atoms with Crippen LogP contribution in [0, 0.1) is 0 Å². The minimum atomic E-state index is -4.42. The number of epoxide rings is 2. The van der Waals surface area contributed by atoms with Crippen LogP contribution in [0.1, 0.15) is 13.3 Å². The van der Waals surface area contributed by atoms with Crippen LogP contribution < -0.4 is 0 Å². The second-order valence-corrected chi connectivity index (χ2v) is 3.58. The summed E-state index contributed by atoms with van der Waals surface area (Å²) >= 11 is 0. The van der Waals surface area contributed by atoms with Gasteiger partial charge in [0.1, 0.15) is 6.10 Å². The molecule has 0 aromatic carbocycles. The van der Waals surface area contributed by atoms with E-state index < -0.39 is 30.2 Å². The third-order valence-electron chi connectivity index (χ3n) is 2.42. The molecule has 0 saturated carbocycles. The van der Waals surface area contributed by atoms with Gasteiger partial charge in [0, 0.05) is 6.42 Å². The fourth-order valence-corrected chi connectivity index (χ4v) is 1.25. The molecule has 0 spiro atoms. The van der Waals surface area contributed by atoms with Gasteiger partial charge in [-0.1, -0.05) is 0 Å². The molecule has 0 bridgehead atoms. The highest BCUT2D eigenvalue weighted by atomic mass is 19.4. The van der Waals surface area contributed by atoms with E-state index in [1.165, 1.54) is 0 Å². The lowest BCUT2D eigenvalue weighted by atomic mass is 10.0. The zero-order chi connectivity index (χ0) is 9.91. The van der Waals surface area contributed by atoms with E-state index in [1.807, 2.05) is 0 Å². The summed E-state index contributed by atoms with van der Waals surface area (Å²) in [6, 6.07) is 0. The number of alkyl halides is 4. The van der Waals surface area contributed by atoms with Gasteiger partial charge < -0.3 is 9.47 Å². The van der Waals surface area contributed by atoms with Gasteiger partial charge in [0.2, 0.25) is 5.85 Å². The van der Waals surface area contributed by atoms with Crippen LogP contribution in [0.3, 0.4) is 0 Å². The SMILES string of the molecule is CC1(F)OC1CC1(C(F)(F)F)CO1. The Bertz CT molecular complexity index is 231. The standard InChI is InChI=1S/C7H8F4O2/c1-5(8)4(13-5)2-6(3-12-6)7(9,10)11/h4H,2-3H2,1H3. The van der Waals surface area contributed by atoms with Crippen LogP contribution in [0.5, 0.6) is 0 Å². The minimum Gasteiger partial charge on any atom is -0.360 e. The Labute approximate surface area is 71.8 Å². The molecule has 3 atom stereocenters. The maximum absolute atomic E-state index is 12.8. The summed E-state index contributed by atoms with van der Waals surface area (Å²) in [5.74, 6) is -1.90. The number of halogens is 4. The number of hydrogen-bond donors (Lipinski definition) is 0. The molecule has 2 heterocycles. The molecule has 2 fully saturated rings. The molecule has 2 rings (SSSR count). The predicted molar refractivity (Wildman–Crippen MR) is 33.7 cm³/mol. The second-order valence-electron chi connectivity index (χ2n) is 3.58. The van der Waals surface area contributed by atoms with Crippen molar-refractivity contribution < 1.29 is 27.0 Å². The molecule has 0 aromatic rings. The Kier molecular flexibility index (Phi) is 1.54. The molecule has 3 unspecified atom stereocenters. The number of rotatable bonds is 2. The number of hydrogen-bond acceptors (Lipinski definition) is 2. The van der Waals surface area contributed by atoms with Gasteiger partial charge in [-0.3, -0.25) is 0 Å². The zero-order valence-electron chi connectivity index (χ0n) is 6.82. The quantitative estimate of drug-likeness (QED) is 0.501. The minimum absolute atomic E-state index is 0.382. The van der Waals surface area contributed by atoms with Gasteiger partial charge in [-0.15, -0.1) is 0 Å². The van der Waals surface area contributed by atoms with E-state index in [4.69, 9.17) is 0 Å². The van der Waals surface area contributed by atoms with Gasteiger partial charge in [-0.2, -0.15) is 13.2 Å². The van der Waals surface area contributed by atoms with Gasteiger partial charge in [-0.25, -0.2) is 4.39 Å². The molecule has 76 valence electrons. The molecule has 2 nitrogen and oxygen atoms in total. The van der Waals surface area contributed by atoms with Crippen molar-refractivity contribution in [2.24, 2.45) is 0 Å². The Morgan fingerprint density at radius 1 is 1.46 bits per heavy atom. The molecule has 0 aromatic heterocycles. The first-order valence-electron chi connectivity index (χ1n) is 3.84. The topological polar surface area (TPSA) is 25.1 Å². The number of ether oxygens (including phenoxy) is 2. The van der Waals surface area contributed by atoms with Crippen molar-refractivity contribution in [2.75, 3.05) is 6.61 Å². The van der Waals surface area contributed by atoms with E-state index in [0.717, 1.165) is 6.92 Å². The van der Waals surface area contributed by atoms with Gasteiger partial charge in [-0.05, 0) is 6.92 Å². The Hall–Kier alpha value is -0.360. The normalized spacial score (nSPS) is 49.2. The van der Waals surface area contributed by atoms with E-state index in [2.05, 4.69) is 9.47 Å². The molecule has 0 aliphatic carbocycles. The fraction of sp³-hybridized carbons (Fsp3) is 1.00. The summed E-state index contributed by atoms with van der Waals surface area (Å²) in [5, 5.41) is 0. The van der Waals surface area contributed by atoms with Gasteiger partial charge in [0.15, 0.2) is 5.60 Å². The van der Waals surface area contributed by atoms with E-state index in [9.17, 15) is 17.6 Å². The third-order valence-corrected chi connectivity index (χ3v) is 2.42. The predicted octanol–water partition coefficient (Wildman–Crippen LogP) is 1.79. The summed E-state index contributed by atoms with van der Waals surface area (Å²) in [7, 11) is 0. The van der Waals surface area contributed by atoms with Crippen molar-refractivity contribution >= 4 is 0 Å². The Morgan fingerprint density at radius 3 is 2.15 bits per heavy atom. The lowest BCUT2D eigenvalue weighted by Gasteiger charge is -2.14. The highest BCUT2D eigenvalue weighted by Gasteiger charge is 2.70. The Morgan fingerprint density at radius 2 is 1.92 bits per heavy atom.